The molecule has 2 atom stereocenters. The van der Waals surface area contributed by atoms with Crippen LogP contribution in [0, 0.1) is 6.92 Å². The number of hydrogen-bond donors (Lipinski definition) is 2. The number of rotatable bonds is 6. The van der Waals surface area contributed by atoms with E-state index in [9.17, 15) is 4.79 Å². The minimum absolute atomic E-state index is 0.00578. The molecular formula is C17H24N4O2. The smallest absolute Gasteiger partial charge is 0.315 e. The van der Waals surface area contributed by atoms with E-state index in [4.69, 9.17) is 4.74 Å². The van der Waals surface area contributed by atoms with E-state index in [2.05, 4.69) is 15.6 Å². The van der Waals surface area contributed by atoms with Crippen LogP contribution < -0.4 is 10.6 Å². The van der Waals surface area contributed by atoms with Crippen molar-refractivity contribution in [1.29, 1.82) is 0 Å². The molecule has 2 aromatic rings. The molecule has 1 aromatic carbocycles. The van der Waals surface area contributed by atoms with Crippen LogP contribution >= 0.6 is 0 Å². The maximum absolute atomic E-state index is 11.9. The summed E-state index contributed by atoms with van der Waals surface area (Å²) >= 11 is 0. The zero-order valence-electron chi connectivity index (χ0n) is 14.0. The Kier molecular flexibility index (Phi) is 5.76. The quantitative estimate of drug-likeness (QED) is 0.860. The van der Waals surface area contributed by atoms with Gasteiger partial charge in [-0.25, -0.2) is 9.78 Å². The van der Waals surface area contributed by atoms with E-state index in [1.54, 1.807) is 13.3 Å². The van der Waals surface area contributed by atoms with Crippen molar-refractivity contribution in [1.82, 2.24) is 20.2 Å². The van der Waals surface area contributed by atoms with Crippen molar-refractivity contribution in [3.63, 3.8) is 0 Å². The van der Waals surface area contributed by atoms with Crippen molar-refractivity contribution in [2.45, 2.75) is 32.9 Å². The highest BCUT2D eigenvalue weighted by molar-refractivity contribution is 5.74. The molecule has 0 aliphatic rings. The predicted molar refractivity (Wildman–Crippen MR) is 89.7 cm³/mol. The summed E-state index contributed by atoms with van der Waals surface area (Å²) in [6.07, 6.45) is 3.70. The molecule has 0 saturated carbocycles. The van der Waals surface area contributed by atoms with E-state index in [0.717, 1.165) is 17.1 Å². The molecule has 6 heteroatoms. The van der Waals surface area contributed by atoms with E-state index in [1.807, 2.05) is 55.8 Å². The summed E-state index contributed by atoms with van der Waals surface area (Å²) in [6, 6.07) is 7.79. The number of methoxy groups -OCH3 is 1. The van der Waals surface area contributed by atoms with Crippen LogP contribution in [0.5, 0.6) is 0 Å². The third-order valence-electron chi connectivity index (χ3n) is 3.80. The van der Waals surface area contributed by atoms with Crippen LogP contribution in [0.1, 0.15) is 31.3 Å². The summed E-state index contributed by atoms with van der Waals surface area (Å²) < 4.78 is 7.11. The fraction of sp³-hybridized carbons (Fsp3) is 0.412. The molecule has 0 bridgehead atoms. The fourth-order valence-electron chi connectivity index (χ4n) is 2.23. The first-order valence-electron chi connectivity index (χ1n) is 7.68. The Morgan fingerprint density at radius 3 is 2.57 bits per heavy atom. The van der Waals surface area contributed by atoms with Crippen molar-refractivity contribution >= 4 is 6.03 Å². The Morgan fingerprint density at radius 2 is 2.00 bits per heavy atom. The van der Waals surface area contributed by atoms with Gasteiger partial charge in [0.1, 0.15) is 5.82 Å². The molecule has 1 heterocycles. The van der Waals surface area contributed by atoms with Gasteiger partial charge in [0, 0.05) is 31.7 Å². The minimum atomic E-state index is -0.198. The number of aryl methyl sites for hydroxylation is 1. The second kappa shape index (κ2) is 7.78. The Labute approximate surface area is 136 Å². The summed E-state index contributed by atoms with van der Waals surface area (Å²) in [5.74, 6) is 0.940. The summed E-state index contributed by atoms with van der Waals surface area (Å²) in [5.41, 5.74) is 2.09. The van der Waals surface area contributed by atoms with Crippen molar-refractivity contribution in [2.24, 2.45) is 0 Å². The summed E-state index contributed by atoms with van der Waals surface area (Å²) in [4.78, 5) is 16.1. The number of aromatic nitrogens is 2. The lowest BCUT2D eigenvalue weighted by Gasteiger charge is -2.17. The van der Waals surface area contributed by atoms with Gasteiger partial charge in [0.25, 0.3) is 0 Å². The van der Waals surface area contributed by atoms with Crippen molar-refractivity contribution in [3.05, 3.63) is 48.0 Å². The zero-order valence-corrected chi connectivity index (χ0v) is 14.0. The molecule has 23 heavy (non-hydrogen) atoms. The molecule has 0 fully saturated rings. The van der Waals surface area contributed by atoms with Crippen LogP contribution in [0.3, 0.4) is 0 Å². The third kappa shape index (κ3) is 4.56. The first-order chi connectivity index (χ1) is 11.0. The van der Waals surface area contributed by atoms with Gasteiger partial charge in [0.2, 0.25) is 0 Å². The maximum Gasteiger partial charge on any atom is 0.315 e. The van der Waals surface area contributed by atoms with Crippen molar-refractivity contribution < 1.29 is 9.53 Å². The van der Waals surface area contributed by atoms with Crippen LogP contribution in [0.15, 0.2) is 36.7 Å². The molecule has 2 N–H and O–H groups in total. The number of nitrogens with zero attached hydrogens (tertiary/aromatic N) is 2. The Hall–Kier alpha value is -2.34. The minimum Gasteiger partial charge on any atom is -0.380 e. The van der Waals surface area contributed by atoms with Crippen molar-refractivity contribution in [2.75, 3.05) is 13.7 Å². The Bertz CT molecular complexity index is 636. The SMILES string of the molecule is CO[C@@H](C)CNC(=O)N[C@H](C)c1ccc(-n2ccnc2C)cc1. The highest BCUT2D eigenvalue weighted by atomic mass is 16.5. The van der Waals surface area contributed by atoms with Crippen molar-refractivity contribution in [3.8, 4) is 5.69 Å². The molecule has 2 amide bonds. The lowest BCUT2D eigenvalue weighted by atomic mass is 10.1. The number of carbonyl (C=O) groups is 1. The number of amides is 2. The highest BCUT2D eigenvalue weighted by Gasteiger charge is 2.10. The van der Waals surface area contributed by atoms with Crippen LogP contribution in [-0.2, 0) is 4.74 Å². The Balaban J connectivity index is 1.94. The van der Waals surface area contributed by atoms with Gasteiger partial charge in [-0.1, -0.05) is 12.1 Å². The Morgan fingerprint density at radius 1 is 1.30 bits per heavy atom. The van der Waals surface area contributed by atoms with Gasteiger partial charge in [0.15, 0.2) is 0 Å². The average Bonchev–Trinajstić information content (AvgIpc) is 2.98. The molecule has 0 saturated heterocycles. The molecule has 0 radical (unpaired) electrons. The van der Waals surface area contributed by atoms with Gasteiger partial charge in [0.05, 0.1) is 12.1 Å². The number of nitrogens with one attached hydrogen (secondary N) is 2. The second-order valence-electron chi connectivity index (χ2n) is 5.56. The molecule has 124 valence electrons. The van der Waals surface area contributed by atoms with Gasteiger partial charge in [-0.05, 0) is 38.5 Å². The molecular weight excluding hydrogens is 292 g/mol. The molecule has 0 aliphatic carbocycles. The molecule has 2 rings (SSSR count). The molecule has 0 unspecified atom stereocenters. The van der Waals surface area contributed by atoms with Crippen LogP contribution in [0.2, 0.25) is 0 Å². The summed E-state index contributed by atoms with van der Waals surface area (Å²) in [7, 11) is 1.62. The van der Waals surface area contributed by atoms with Crippen LogP contribution in [0.25, 0.3) is 5.69 Å². The first kappa shape index (κ1) is 17.0. The van der Waals surface area contributed by atoms with Crippen LogP contribution in [-0.4, -0.2) is 35.3 Å². The number of ether oxygens (including phenoxy) is 1. The highest BCUT2D eigenvalue weighted by Crippen LogP contribution is 2.16. The third-order valence-corrected chi connectivity index (χ3v) is 3.80. The average molecular weight is 316 g/mol. The topological polar surface area (TPSA) is 68.2 Å². The normalized spacial score (nSPS) is 13.4. The first-order valence-corrected chi connectivity index (χ1v) is 7.68. The number of carbonyl (C=O) groups excluding carboxylic acids is 1. The number of benzene rings is 1. The molecule has 0 aliphatic heterocycles. The second-order valence-corrected chi connectivity index (χ2v) is 5.56. The van der Waals surface area contributed by atoms with E-state index in [0.29, 0.717) is 6.54 Å². The summed E-state index contributed by atoms with van der Waals surface area (Å²) in [5, 5.41) is 5.70. The van der Waals surface area contributed by atoms with Gasteiger partial charge < -0.3 is 19.9 Å². The van der Waals surface area contributed by atoms with E-state index in [-0.39, 0.29) is 18.2 Å². The lowest BCUT2D eigenvalue weighted by Crippen LogP contribution is -2.40. The van der Waals surface area contributed by atoms with Gasteiger partial charge in [-0.2, -0.15) is 0 Å². The largest absolute Gasteiger partial charge is 0.380 e. The van der Waals surface area contributed by atoms with Crippen LogP contribution in [0.4, 0.5) is 4.79 Å². The molecule has 1 aromatic heterocycles. The maximum atomic E-state index is 11.9. The zero-order chi connectivity index (χ0) is 16.8. The number of hydrogen-bond acceptors (Lipinski definition) is 3. The number of imidazole rings is 1. The molecule has 0 spiro atoms. The summed E-state index contributed by atoms with van der Waals surface area (Å²) in [6.45, 7) is 6.30. The predicted octanol–water partition coefficient (Wildman–Crippen LogP) is 2.58. The van der Waals surface area contributed by atoms with E-state index in [1.165, 1.54) is 0 Å². The molecule has 6 nitrogen and oxygen atoms in total. The fourth-order valence-corrected chi connectivity index (χ4v) is 2.23. The standard InChI is InChI=1S/C17H24N4O2/c1-12(23-4)11-19-17(22)20-13(2)15-5-7-16(8-6-15)21-10-9-18-14(21)3/h5-10,12-13H,11H2,1-4H3,(H2,19,20,22)/t12-,13+/m0/s1. The monoisotopic (exact) mass is 316 g/mol. The van der Waals surface area contributed by atoms with E-state index >= 15 is 0 Å². The van der Waals surface area contributed by atoms with Gasteiger partial charge >= 0.3 is 6.03 Å². The van der Waals surface area contributed by atoms with Gasteiger partial charge in [-0.3, -0.25) is 0 Å². The number of urea groups is 1. The lowest BCUT2D eigenvalue weighted by molar-refractivity contribution is 0.118. The van der Waals surface area contributed by atoms with Gasteiger partial charge in [-0.15, -0.1) is 0 Å². The van der Waals surface area contributed by atoms with E-state index < -0.39 is 0 Å².